The maximum Gasteiger partial charge on any atom is 0.270 e. The van der Waals surface area contributed by atoms with Crippen LogP contribution in [0.5, 0.6) is 0 Å². The number of rotatable bonds is 6. The molecule has 102 valence electrons. The number of thiocarbonyl (C=S) groups is 1. The number of ether oxygens (including phenoxy) is 1. The number of nitrogens with zero attached hydrogens (tertiary/aromatic N) is 2. The van der Waals surface area contributed by atoms with Crippen LogP contribution in [0.4, 0.5) is 5.69 Å². The minimum Gasteiger partial charge on any atom is -0.383 e. The largest absolute Gasteiger partial charge is 0.383 e. The van der Waals surface area contributed by atoms with Crippen LogP contribution in [0.1, 0.15) is 5.56 Å². The molecule has 0 atom stereocenters. The molecule has 19 heavy (non-hydrogen) atoms. The van der Waals surface area contributed by atoms with E-state index in [0.29, 0.717) is 23.8 Å². The number of non-ortho nitro benzene ring substituents is 1. The van der Waals surface area contributed by atoms with E-state index in [4.69, 9.17) is 17.0 Å². The second-order valence-electron chi connectivity index (χ2n) is 3.47. The Morgan fingerprint density at radius 3 is 3.11 bits per heavy atom. The van der Waals surface area contributed by atoms with Crippen LogP contribution in [0, 0.1) is 10.1 Å². The number of hydrogen-bond acceptors (Lipinski definition) is 5. The summed E-state index contributed by atoms with van der Waals surface area (Å²) in [6.07, 6.45) is 1.46. The third kappa shape index (κ3) is 5.89. The highest BCUT2D eigenvalue weighted by Gasteiger charge is 2.03. The molecule has 0 aliphatic rings. The third-order valence-electron chi connectivity index (χ3n) is 2.05. The first-order valence-electron chi connectivity index (χ1n) is 5.44. The average Bonchev–Trinajstić information content (AvgIpc) is 2.39. The van der Waals surface area contributed by atoms with E-state index in [-0.39, 0.29) is 5.69 Å². The molecule has 0 aromatic heterocycles. The van der Waals surface area contributed by atoms with Gasteiger partial charge >= 0.3 is 0 Å². The second-order valence-corrected chi connectivity index (χ2v) is 3.88. The van der Waals surface area contributed by atoms with Crippen molar-refractivity contribution in [2.45, 2.75) is 0 Å². The van der Waals surface area contributed by atoms with Gasteiger partial charge in [0.05, 0.1) is 17.7 Å². The van der Waals surface area contributed by atoms with Crippen LogP contribution < -0.4 is 10.7 Å². The minimum atomic E-state index is -0.457. The van der Waals surface area contributed by atoms with Crippen molar-refractivity contribution in [1.29, 1.82) is 0 Å². The number of hydrazone groups is 1. The van der Waals surface area contributed by atoms with Gasteiger partial charge < -0.3 is 10.1 Å². The Morgan fingerprint density at radius 1 is 1.63 bits per heavy atom. The number of methoxy groups -OCH3 is 1. The molecule has 0 bridgehead atoms. The SMILES string of the molecule is COCCNC(=S)NN=Cc1cccc([N+](=O)[O-])c1. The molecule has 0 spiro atoms. The standard InChI is InChI=1S/C11H14N4O3S/c1-18-6-5-12-11(19)14-13-8-9-3-2-4-10(7-9)15(16)17/h2-4,7-8H,5-6H2,1H3,(H2,12,14,19). The van der Waals surface area contributed by atoms with Crippen molar-refractivity contribution in [3.63, 3.8) is 0 Å². The van der Waals surface area contributed by atoms with Gasteiger partial charge in [0.25, 0.3) is 5.69 Å². The van der Waals surface area contributed by atoms with Gasteiger partial charge in [-0.2, -0.15) is 5.10 Å². The Bertz CT molecular complexity index is 479. The Hall–Kier alpha value is -2.06. The molecule has 1 aromatic carbocycles. The number of nitrogens with one attached hydrogen (secondary N) is 2. The first kappa shape index (κ1) is 15.0. The van der Waals surface area contributed by atoms with E-state index in [2.05, 4.69) is 15.8 Å². The zero-order valence-electron chi connectivity index (χ0n) is 10.3. The van der Waals surface area contributed by atoms with E-state index >= 15 is 0 Å². The van der Waals surface area contributed by atoms with Crippen molar-refractivity contribution >= 4 is 29.2 Å². The topological polar surface area (TPSA) is 88.8 Å². The molecule has 0 saturated heterocycles. The molecule has 0 unspecified atom stereocenters. The van der Waals surface area contributed by atoms with Gasteiger partial charge in [-0.1, -0.05) is 12.1 Å². The Kier molecular flexibility index (Phi) is 6.41. The quantitative estimate of drug-likeness (QED) is 0.266. The van der Waals surface area contributed by atoms with E-state index in [1.54, 1.807) is 19.2 Å². The molecule has 8 heteroatoms. The number of benzene rings is 1. The van der Waals surface area contributed by atoms with Crippen LogP contribution in [0.15, 0.2) is 29.4 Å². The van der Waals surface area contributed by atoms with Gasteiger partial charge in [0.15, 0.2) is 5.11 Å². The lowest BCUT2D eigenvalue weighted by atomic mass is 10.2. The Balaban J connectivity index is 2.46. The molecule has 7 nitrogen and oxygen atoms in total. The maximum absolute atomic E-state index is 10.6. The molecule has 1 rings (SSSR count). The fraction of sp³-hybridized carbons (Fsp3) is 0.273. The second kappa shape index (κ2) is 8.11. The van der Waals surface area contributed by atoms with Gasteiger partial charge in [0.2, 0.25) is 0 Å². The molecule has 0 aliphatic carbocycles. The summed E-state index contributed by atoms with van der Waals surface area (Å²) in [6.45, 7) is 1.12. The third-order valence-corrected chi connectivity index (χ3v) is 2.29. The van der Waals surface area contributed by atoms with Crippen molar-refractivity contribution in [3.05, 3.63) is 39.9 Å². The summed E-state index contributed by atoms with van der Waals surface area (Å²) in [5, 5.41) is 17.7. The molecular weight excluding hydrogens is 268 g/mol. The van der Waals surface area contributed by atoms with Gasteiger partial charge in [-0.15, -0.1) is 0 Å². The Morgan fingerprint density at radius 2 is 2.42 bits per heavy atom. The maximum atomic E-state index is 10.6. The lowest BCUT2D eigenvalue weighted by Crippen LogP contribution is -2.34. The molecule has 2 N–H and O–H groups in total. The summed E-state index contributed by atoms with van der Waals surface area (Å²) in [5.41, 5.74) is 3.23. The van der Waals surface area contributed by atoms with Crippen molar-refractivity contribution in [2.75, 3.05) is 20.3 Å². The van der Waals surface area contributed by atoms with E-state index < -0.39 is 4.92 Å². The van der Waals surface area contributed by atoms with Crippen molar-refractivity contribution < 1.29 is 9.66 Å². The van der Waals surface area contributed by atoms with E-state index in [0.717, 1.165) is 0 Å². The number of nitro groups is 1. The zero-order chi connectivity index (χ0) is 14.1. The van der Waals surface area contributed by atoms with Crippen LogP contribution in [-0.2, 0) is 4.74 Å². The minimum absolute atomic E-state index is 0.0183. The predicted molar refractivity (Wildman–Crippen MR) is 76.3 cm³/mol. The summed E-state index contributed by atoms with van der Waals surface area (Å²) in [5.74, 6) is 0. The normalized spacial score (nSPS) is 10.4. The monoisotopic (exact) mass is 282 g/mol. The number of hydrogen-bond donors (Lipinski definition) is 2. The summed E-state index contributed by atoms with van der Waals surface area (Å²) in [7, 11) is 1.60. The highest BCUT2D eigenvalue weighted by Crippen LogP contribution is 2.11. The average molecular weight is 282 g/mol. The molecule has 0 saturated carbocycles. The van der Waals surface area contributed by atoms with Crippen LogP contribution in [0.25, 0.3) is 0 Å². The summed E-state index contributed by atoms with van der Waals surface area (Å²) < 4.78 is 4.85. The van der Waals surface area contributed by atoms with Crippen LogP contribution >= 0.6 is 12.2 Å². The van der Waals surface area contributed by atoms with Gasteiger partial charge in [-0.25, -0.2) is 0 Å². The van der Waals surface area contributed by atoms with Crippen LogP contribution in [0.2, 0.25) is 0 Å². The van der Waals surface area contributed by atoms with Gasteiger partial charge in [-0.05, 0) is 12.2 Å². The van der Waals surface area contributed by atoms with E-state index in [9.17, 15) is 10.1 Å². The smallest absolute Gasteiger partial charge is 0.270 e. The fourth-order valence-corrected chi connectivity index (χ4v) is 1.35. The molecular formula is C11H14N4O3S. The number of nitro benzene ring substituents is 1. The highest BCUT2D eigenvalue weighted by molar-refractivity contribution is 7.80. The van der Waals surface area contributed by atoms with Crippen molar-refractivity contribution in [2.24, 2.45) is 5.10 Å². The molecule has 0 amide bonds. The van der Waals surface area contributed by atoms with Crippen molar-refractivity contribution in [1.82, 2.24) is 10.7 Å². The van der Waals surface area contributed by atoms with E-state index in [1.165, 1.54) is 18.3 Å². The summed E-state index contributed by atoms with van der Waals surface area (Å²) in [6, 6.07) is 6.14. The molecule has 0 aliphatic heterocycles. The molecule has 0 fully saturated rings. The van der Waals surface area contributed by atoms with Gasteiger partial charge in [-0.3, -0.25) is 15.5 Å². The first-order chi connectivity index (χ1) is 9.13. The fourth-order valence-electron chi connectivity index (χ4n) is 1.19. The van der Waals surface area contributed by atoms with Crippen molar-refractivity contribution in [3.8, 4) is 0 Å². The van der Waals surface area contributed by atoms with E-state index in [1.807, 2.05) is 0 Å². The van der Waals surface area contributed by atoms with Crippen LogP contribution in [-0.4, -0.2) is 36.5 Å². The zero-order valence-corrected chi connectivity index (χ0v) is 11.1. The summed E-state index contributed by atoms with van der Waals surface area (Å²) >= 11 is 4.95. The molecule has 1 aromatic rings. The highest BCUT2D eigenvalue weighted by atomic mass is 32.1. The summed E-state index contributed by atoms with van der Waals surface area (Å²) in [4.78, 5) is 10.1. The van der Waals surface area contributed by atoms with Gasteiger partial charge in [0, 0.05) is 31.4 Å². The predicted octanol–water partition coefficient (Wildman–Crippen LogP) is 1.04. The first-order valence-corrected chi connectivity index (χ1v) is 5.84. The molecule has 0 heterocycles. The van der Waals surface area contributed by atoms with Crippen LogP contribution in [0.3, 0.4) is 0 Å². The Labute approximate surface area is 115 Å². The molecule has 0 radical (unpaired) electrons. The lowest BCUT2D eigenvalue weighted by molar-refractivity contribution is -0.384. The van der Waals surface area contributed by atoms with Gasteiger partial charge in [0.1, 0.15) is 0 Å². The lowest BCUT2D eigenvalue weighted by Gasteiger charge is -2.05.